The van der Waals surface area contributed by atoms with Gasteiger partial charge in [-0.2, -0.15) is 4.31 Å². The summed E-state index contributed by atoms with van der Waals surface area (Å²) in [6, 6.07) is 4.48. The van der Waals surface area contributed by atoms with E-state index in [9.17, 15) is 13.5 Å². The number of rotatable bonds is 2. The normalized spacial score (nSPS) is 21.9. The highest BCUT2D eigenvalue weighted by Gasteiger charge is 2.33. The first-order chi connectivity index (χ1) is 7.93. The van der Waals surface area contributed by atoms with Crippen molar-refractivity contribution in [3.05, 3.63) is 28.2 Å². The van der Waals surface area contributed by atoms with Crippen molar-refractivity contribution >= 4 is 33.2 Å². The van der Waals surface area contributed by atoms with Crippen LogP contribution in [0.25, 0.3) is 0 Å². The third-order valence-corrected chi connectivity index (χ3v) is 5.50. The van der Waals surface area contributed by atoms with Crippen molar-refractivity contribution in [2.45, 2.75) is 17.4 Å². The third-order valence-electron chi connectivity index (χ3n) is 2.66. The van der Waals surface area contributed by atoms with E-state index in [4.69, 9.17) is 23.2 Å². The number of benzene rings is 1. The number of hydrogen-bond donors (Lipinski definition) is 1. The lowest BCUT2D eigenvalue weighted by molar-refractivity contribution is 0.189. The van der Waals surface area contributed by atoms with Crippen LogP contribution in [0.1, 0.15) is 6.42 Å². The lowest BCUT2D eigenvalue weighted by Gasteiger charge is -2.16. The number of aliphatic hydroxyl groups is 1. The second-order valence-corrected chi connectivity index (χ2v) is 6.55. The minimum Gasteiger partial charge on any atom is -0.392 e. The van der Waals surface area contributed by atoms with Gasteiger partial charge in [0.1, 0.15) is 4.90 Å². The van der Waals surface area contributed by atoms with Crippen molar-refractivity contribution in [1.82, 2.24) is 4.31 Å². The zero-order valence-corrected chi connectivity index (χ0v) is 11.1. The molecule has 1 saturated heterocycles. The summed E-state index contributed by atoms with van der Waals surface area (Å²) >= 11 is 11.7. The average Bonchev–Trinajstić information content (AvgIpc) is 2.69. The van der Waals surface area contributed by atoms with Gasteiger partial charge < -0.3 is 5.11 Å². The number of nitrogens with zero attached hydrogens (tertiary/aromatic N) is 1. The molecule has 1 heterocycles. The smallest absolute Gasteiger partial charge is 0.244 e. The Labute approximate surface area is 110 Å². The summed E-state index contributed by atoms with van der Waals surface area (Å²) in [5.74, 6) is 0. The fourth-order valence-electron chi connectivity index (χ4n) is 1.75. The number of hydrogen-bond acceptors (Lipinski definition) is 3. The number of sulfonamides is 1. The van der Waals surface area contributed by atoms with Crippen molar-refractivity contribution in [2.24, 2.45) is 0 Å². The van der Waals surface area contributed by atoms with E-state index in [1.54, 1.807) is 0 Å². The maximum absolute atomic E-state index is 12.2. The highest BCUT2D eigenvalue weighted by Crippen LogP contribution is 2.32. The molecule has 1 N–H and O–H groups in total. The largest absolute Gasteiger partial charge is 0.392 e. The Kier molecular flexibility index (Phi) is 3.66. The number of aliphatic hydroxyl groups excluding tert-OH is 1. The Hall–Kier alpha value is -0.330. The molecule has 0 saturated carbocycles. The molecule has 0 spiro atoms. The van der Waals surface area contributed by atoms with E-state index in [2.05, 4.69) is 0 Å². The summed E-state index contributed by atoms with van der Waals surface area (Å²) in [6.07, 6.45) is -0.167. The minimum atomic E-state index is -3.67. The molecule has 4 nitrogen and oxygen atoms in total. The molecule has 0 bridgehead atoms. The van der Waals surface area contributed by atoms with Crippen LogP contribution in [-0.4, -0.2) is 37.0 Å². The highest BCUT2D eigenvalue weighted by molar-refractivity contribution is 7.89. The zero-order valence-electron chi connectivity index (χ0n) is 8.81. The summed E-state index contributed by atoms with van der Waals surface area (Å²) in [4.78, 5) is -0.0132. The average molecular weight is 296 g/mol. The second kappa shape index (κ2) is 4.74. The fourth-order valence-corrected chi connectivity index (χ4v) is 3.98. The summed E-state index contributed by atoms with van der Waals surface area (Å²) in [7, 11) is -3.67. The van der Waals surface area contributed by atoms with Gasteiger partial charge in [-0.25, -0.2) is 8.42 Å². The summed E-state index contributed by atoms with van der Waals surface area (Å²) in [5, 5.41) is 9.59. The molecule has 17 heavy (non-hydrogen) atoms. The van der Waals surface area contributed by atoms with E-state index in [1.165, 1.54) is 22.5 Å². The maximum Gasteiger partial charge on any atom is 0.244 e. The first-order valence-corrected chi connectivity index (χ1v) is 7.25. The van der Waals surface area contributed by atoms with E-state index < -0.39 is 16.1 Å². The molecule has 0 aromatic heterocycles. The first kappa shape index (κ1) is 13.1. The van der Waals surface area contributed by atoms with Crippen LogP contribution in [-0.2, 0) is 10.0 Å². The van der Waals surface area contributed by atoms with Gasteiger partial charge in [-0.15, -0.1) is 0 Å². The van der Waals surface area contributed by atoms with Crippen molar-refractivity contribution in [3.8, 4) is 0 Å². The van der Waals surface area contributed by atoms with Crippen LogP contribution in [0.15, 0.2) is 23.1 Å². The van der Waals surface area contributed by atoms with Crippen LogP contribution in [0, 0.1) is 0 Å². The van der Waals surface area contributed by atoms with Crippen LogP contribution in [0.3, 0.4) is 0 Å². The standard InChI is InChI=1S/C10H11Cl2NO3S/c11-8-2-1-3-9(10(8)12)17(15,16)13-5-4-7(14)6-13/h1-3,7,14H,4-6H2/t7-/m1/s1. The third kappa shape index (κ3) is 2.44. The van der Waals surface area contributed by atoms with Crippen LogP contribution >= 0.6 is 23.2 Å². The number of β-amino-alcohol motifs (C(OH)–C–C–N with tert-alkyl or cyclic N) is 1. The van der Waals surface area contributed by atoms with Crippen molar-refractivity contribution in [3.63, 3.8) is 0 Å². The molecule has 1 fully saturated rings. The molecule has 0 radical (unpaired) electrons. The van der Waals surface area contributed by atoms with Crippen molar-refractivity contribution in [1.29, 1.82) is 0 Å². The summed E-state index contributed by atoms with van der Waals surface area (Å²) in [6.45, 7) is 0.400. The molecule has 1 aliphatic rings. The van der Waals surface area contributed by atoms with Gasteiger partial charge in [-0.05, 0) is 18.6 Å². The SMILES string of the molecule is O=S(=O)(c1cccc(Cl)c1Cl)N1CC[C@@H](O)C1. The molecule has 2 rings (SSSR count). The van der Waals surface area contributed by atoms with Crippen LogP contribution in [0.4, 0.5) is 0 Å². The quantitative estimate of drug-likeness (QED) is 0.904. The molecule has 1 aromatic carbocycles. The van der Waals surface area contributed by atoms with Crippen molar-refractivity contribution < 1.29 is 13.5 Å². The second-order valence-electron chi connectivity index (χ2n) is 3.86. The van der Waals surface area contributed by atoms with Gasteiger partial charge in [0, 0.05) is 13.1 Å². The van der Waals surface area contributed by atoms with Gasteiger partial charge >= 0.3 is 0 Å². The van der Waals surface area contributed by atoms with E-state index in [0.29, 0.717) is 13.0 Å². The van der Waals surface area contributed by atoms with Gasteiger partial charge in [0.25, 0.3) is 0 Å². The van der Waals surface area contributed by atoms with E-state index >= 15 is 0 Å². The van der Waals surface area contributed by atoms with E-state index in [1.807, 2.05) is 0 Å². The van der Waals surface area contributed by atoms with Crippen LogP contribution in [0.5, 0.6) is 0 Å². The monoisotopic (exact) mass is 295 g/mol. The summed E-state index contributed by atoms with van der Waals surface area (Å²) in [5.41, 5.74) is 0. The van der Waals surface area contributed by atoms with E-state index in [0.717, 1.165) is 0 Å². The lowest BCUT2D eigenvalue weighted by atomic mass is 10.3. The molecular formula is C10H11Cl2NO3S. The molecule has 1 atom stereocenters. The first-order valence-electron chi connectivity index (χ1n) is 5.05. The zero-order chi connectivity index (χ0) is 12.6. The Morgan fingerprint density at radius 2 is 2.06 bits per heavy atom. The lowest BCUT2D eigenvalue weighted by Crippen LogP contribution is -2.29. The predicted octanol–water partition coefficient (Wildman–Crippen LogP) is 1.75. The highest BCUT2D eigenvalue weighted by atomic mass is 35.5. The molecule has 0 amide bonds. The van der Waals surface area contributed by atoms with Crippen LogP contribution in [0.2, 0.25) is 10.0 Å². The Bertz CT molecular complexity index is 532. The molecule has 0 aliphatic carbocycles. The van der Waals surface area contributed by atoms with Gasteiger partial charge in [-0.3, -0.25) is 0 Å². The molecule has 1 aromatic rings. The Balaban J connectivity index is 2.42. The van der Waals surface area contributed by atoms with Gasteiger partial charge in [-0.1, -0.05) is 29.3 Å². The Morgan fingerprint density at radius 1 is 1.35 bits per heavy atom. The summed E-state index contributed by atoms with van der Waals surface area (Å²) < 4.78 is 25.7. The predicted molar refractivity (Wildman–Crippen MR) is 65.8 cm³/mol. The van der Waals surface area contributed by atoms with Gasteiger partial charge in [0.05, 0.1) is 16.1 Å². The minimum absolute atomic E-state index is 0.0132. The Morgan fingerprint density at radius 3 is 2.65 bits per heavy atom. The maximum atomic E-state index is 12.2. The van der Waals surface area contributed by atoms with E-state index in [-0.39, 0.29) is 21.5 Å². The molecule has 1 aliphatic heterocycles. The van der Waals surface area contributed by atoms with Crippen molar-refractivity contribution in [2.75, 3.05) is 13.1 Å². The van der Waals surface area contributed by atoms with Gasteiger partial charge in [0.2, 0.25) is 10.0 Å². The fraction of sp³-hybridized carbons (Fsp3) is 0.400. The molecule has 7 heteroatoms. The molecule has 0 unspecified atom stereocenters. The van der Waals surface area contributed by atoms with Gasteiger partial charge in [0.15, 0.2) is 0 Å². The molecular weight excluding hydrogens is 285 g/mol. The number of halogens is 2. The van der Waals surface area contributed by atoms with Crippen LogP contribution < -0.4 is 0 Å². The molecule has 94 valence electrons. The topological polar surface area (TPSA) is 57.6 Å².